The van der Waals surface area contributed by atoms with E-state index in [0.717, 1.165) is 77.0 Å². The monoisotopic (exact) mass is 656 g/mol. The van der Waals surface area contributed by atoms with E-state index >= 15 is 0 Å². The molecule has 0 aliphatic heterocycles. The van der Waals surface area contributed by atoms with Crippen LogP contribution in [0.15, 0.2) is 36.5 Å². The van der Waals surface area contributed by atoms with Gasteiger partial charge in [0.15, 0.2) is 6.10 Å². The summed E-state index contributed by atoms with van der Waals surface area (Å²) >= 11 is 0. The van der Waals surface area contributed by atoms with E-state index in [1.807, 2.05) is 0 Å². The van der Waals surface area contributed by atoms with Crippen molar-refractivity contribution < 1.29 is 37.9 Å². The maximum atomic E-state index is 12.3. The molecule has 0 aromatic carbocycles. The van der Waals surface area contributed by atoms with E-state index < -0.39 is 32.5 Å². The molecule has 0 saturated heterocycles. The van der Waals surface area contributed by atoms with Gasteiger partial charge in [-0.25, -0.2) is 4.57 Å². The highest BCUT2D eigenvalue weighted by Crippen LogP contribution is 2.35. The molecule has 0 aromatic heterocycles. The van der Waals surface area contributed by atoms with E-state index in [0.29, 0.717) is 12.8 Å². The van der Waals surface area contributed by atoms with Gasteiger partial charge in [0, 0.05) is 12.8 Å². The first-order valence-electron chi connectivity index (χ1n) is 17.8. The lowest BCUT2D eigenvalue weighted by molar-refractivity contribution is -0.161. The van der Waals surface area contributed by atoms with Crippen LogP contribution >= 0.6 is 7.82 Å². The van der Waals surface area contributed by atoms with Crippen LogP contribution in [0.25, 0.3) is 0 Å². The van der Waals surface area contributed by atoms with E-state index in [4.69, 9.17) is 19.3 Å². The molecule has 9 heteroatoms. The van der Waals surface area contributed by atoms with E-state index in [1.165, 1.54) is 44.9 Å². The quantitative estimate of drug-likeness (QED) is 0.0318. The Labute approximate surface area is 274 Å². The number of ether oxygens (including phenoxy) is 2. The topological polar surface area (TPSA) is 119 Å². The van der Waals surface area contributed by atoms with Crippen LogP contribution in [-0.4, -0.2) is 41.0 Å². The molecule has 0 fully saturated rings. The van der Waals surface area contributed by atoms with Crippen molar-refractivity contribution in [1.82, 2.24) is 0 Å². The molecule has 45 heavy (non-hydrogen) atoms. The van der Waals surface area contributed by atoms with Crippen molar-refractivity contribution in [1.29, 1.82) is 0 Å². The number of rotatable bonds is 32. The Balaban J connectivity index is 4.04. The fraction of sp³-hybridized carbons (Fsp3) is 0.778. The fourth-order valence-electron chi connectivity index (χ4n) is 4.69. The van der Waals surface area contributed by atoms with Crippen LogP contribution in [0.1, 0.15) is 162 Å². The number of esters is 2. The number of carbonyl (C=O) groups is 2. The Morgan fingerprint density at radius 2 is 1.00 bits per heavy atom. The molecule has 0 saturated carbocycles. The normalized spacial score (nSPS) is 12.9. The largest absolute Gasteiger partial charge is 0.469 e. The molecule has 2 N–H and O–H groups in total. The van der Waals surface area contributed by atoms with E-state index in [2.05, 4.69) is 54.8 Å². The number of phosphoric acid groups is 1. The number of phosphoric ester groups is 1. The van der Waals surface area contributed by atoms with Gasteiger partial charge < -0.3 is 19.3 Å². The predicted octanol–water partition coefficient (Wildman–Crippen LogP) is 10.2. The number of hydrogen-bond acceptors (Lipinski definition) is 6. The molecule has 0 aromatic rings. The van der Waals surface area contributed by atoms with Crippen molar-refractivity contribution in [2.24, 2.45) is 0 Å². The molecular formula is C36H65O8P. The zero-order valence-corrected chi connectivity index (χ0v) is 29.4. The van der Waals surface area contributed by atoms with Crippen molar-refractivity contribution >= 4 is 19.8 Å². The van der Waals surface area contributed by atoms with Crippen molar-refractivity contribution in [3.63, 3.8) is 0 Å². The average Bonchev–Trinajstić information content (AvgIpc) is 3.00. The molecule has 1 atom stereocenters. The third kappa shape index (κ3) is 35.0. The van der Waals surface area contributed by atoms with E-state index in [-0.39, 0.29) is 19.4 Å². The lowest BCUT2D eigenvalue weighted by atomic mass is 10.1. The molecule has 8 nitrogen and oxygen atoms in total. The molecule has 0 spiro atoms. The summed E-state index contributed by atoms with van der Waals surface area (Å²) in [5.41, 5.74) is 0. The molecule has 0 bridgehead atoms. The summed E-state index contributed by atoms with van der Waals surface area (Å²) in [6.07, 6.45) is 35.8. The van der Waals surface area contributed by atoms with Crippen LogP contribution in [0.2, 0.25) is 0 Å². The van der Waals surface area contributed by atoms with Crippen LogP contribution in [0.5, 0.6) is 0 Å². The minimum absolute atomic E-state index is 0.194. The maximum absolute atomic E-state index is 12.3. The molecule has 0 amide bonds. The van der Waals surface area contributed by atoms with Gasteiger partial charge in [-0.3, -0.25) is 14.1 Å². The minimum atomic E-state index is -4.75. The van der Waals surface area contributed by atoms with Gasteiger partial charge in [0.2, 0.25) is 0 Å². The Morgan fingerprint density at radius 3 is 1.49 bits per heavy atom. The predicted molar refractivity (Wildman–Crippen MR) is 184 cm³/mol. The Kier molecular flexibility index (Phi) is 31.0. The number of unbranched alkanes of at least 4 members (excludes halogenated alkanes) is 16. The third-order valence-electron chi connectivity index (χ3n) is 7.38. The molecule has 1 unspecified atom stereocenters. The van der Waals surface area contributed by atoms with Crippen molar-refractivity contribution in [2.45, 2.75) is 168 Å². The summed E-state index contributed by atoms with van der Waals surface area (Å²) in [6, 6.07) is 0. The smallest absolute Gasteiger partial charge is 0.462 e. The van der Waals surface area contributed by atoms with Gasteiger partial charge in [-0.1, -0.05) is 115 Å². The standard InChI is InChI=1S/C36H65O8P/c1-3-5-7-9-11-13-15-17-18-19-21-23-25-27-29-31-36(38)44-34(33-43-45(39,40)41)32-42-35(37)30-28-26-24-22-20-16-14-12-10-8-6-4-2/h11-14,17-18,34H,3-10,15-16,19-33H2,1-2H3,(H2,39,40,41)/b13-11-,14-12-,18-17-. The lowest BCUT2D eigenvalue weighted by Gasteiger charge is -2.18. The highest BCUT2D eigenvalue weighted by atomic mass is 31.2. The Hall–Kier alpha value is -1.73. The lowest BCUT2D eigenvalue weighted by Crippen LogP contribution is -2.29. The average molecular weight is 657 g/mol. The molecule has 262 valence electrons. The van der Waals surface area contributed by atoms with Gasteiger partial charge in [-0.15, -0.1) is 0 Å². The molecule has 0 heterocycles. The second-order valence-electron chi connectivity index (χ2n) is 11.8. The Morgan fingerprint density at radius 1 is 0.578 bits per heavy atom. The minimum Gasteiger partial charge on any atom is -0.462 e. The molecule has 0 aliphatic rings. The first-order valence-corrected chi connectivity index (χ1v) is 19.3. The number of carbonyl (C=O) groups excluding carboxylic acids is 2. The molecule has 0 aliphatic carbocycles. The van der Waals surface area contributed by atoms with Crippen LogP contribution in [0.3, 0.4) is 0 Å². The zero-order chi connectivity index (χ0) is 33.3. The van der Waals surface area contributed by atoms with Gasteiger partial charge in [0.05, 0.1) is 6.61 Å². The summed E-state index contributed by atoms with van der Waals surface area (Å²) in [6.45, 7) is 3.59. The number of hydrogen-bond donors (Lipinski definition) is 2. The SMILES string of the molecule is CCCCC/C=C\C/C=C\CCCCCCCC(=O)OC(COC(=O)CCCCCCC/C=C\CCCCC)COP(=O)(O)O. The van der Waals surface area contributed by atoms with Gasteiger partial charge in [0.25, 0.3) is 0 Å². The van der Waals surface area contributed by atoms with Gasteiger partial charge in [0.1, 0.15) is 6.61 Å². The van der Waals surface area contributed by atoms with E-state index in [1.54, 1.807) is 0 Å². The second-order valence-corrected chi connectivity index (χ2v) is 13.1. The first kappa shape index (κ1) is 43.3. The van der Waals surface area contributed by atoms with Gasteiger partial charge in [-0.05, 0) is 70.6 Å². The van der Waals surface area contributed by atoms with Gasteiger partial charge in [-0.2, -0.15) is 0 Å². The highest BCUT2D eigenvalue weighted by Gasteiger charge is 2.22. The maximum Gasteiger partial charge on any atom is 0.469 e. The third-order valence-corrected chi connectivity index (χ3v) is 7.87. The van der Waals surface area contributed by atoms with Crippen LogP contribution < -0.4 is 0 Å². The molecule has 0 radical (unpaired) electrons. The Bertz CT molecular complexity index is 833. The van der Waals surface area contributed by atoms with Crippen LogP contribution in [0, 0.1) is 0 Å². The summed E-state index contributed by atoms with van der Waals surface area (Å²) < 4.78 is 26.2. The summed E-state index contributed by atoms with van der Waals surface area (Å²) in [4.78, 5) is 42.6. The van der Waals surface area contributed by atoms with Crippen molar-refractivity contribution in [3.8, 4) is 0 Å². The van der Waals surface area contributed by atoms with Gasteiger partial charge >= 0.3 is 19.8 Å². The second kappa shape index (κ2) is 32.2. The van der Waals surface area contributed by atoms with Crippen molar-refractivity contribution in [3.05, 3.63) is 36.5 Å². The van der Waals surface area contributed by atoms with Crippen molar-refractivity contribution in [2.75, 3.05) is 13.2 Å². The fourth-order valence-corrected chi connectivity index (χ4v) is 5.05. The van der Waals surface area contributed by atoms with E-state index in [9.17, 15) is 14.2 Å². The number of allylic oxidation sites excluding steroid dienone is 6. The van der Waals surface area contributed by atoms with Crippen LogP contribution in [0.4, 0.5) is 0 Å². The highest BCUT2D eigenvalue weighted by molar-refractivity contribution is 7.46. The first-order chi connectivity index (χ1) is 21.8. The molecular weight excluding hydrogens is 591 g/mol. The molecule has 0 rings (SSSR count). The summed E-state index contributed by atoms with van der Waals surface area (Å²) in [5.74, 6) is -0.914. The summed E-state index contributed by atoms with van der Waals surface area (Å²) in [5, 5.41) is 0. The zero-order valence-electron chi connectivity index (χ0n) is 28.5. The summed E-state index contributed by atoms with van der Waals surface area (Å²) in [7, 11) is -4.75. The van der Waals surface area contributed by atoms with Crippen LogP contribution in [-0.2, 0) is 28.2 Å².